The highest BCUT2D eigenvalue weighted by atomic mass is 16.3. The smallest absolute Gasteiger partial charge is 0.286 e. The molecule has 5 heteroatoms. The Morgan fingerprint density at radius 1 is 1.14 bits per heavy atom. The van der Waals surface area contributed by atoms with E-state index in [0.717, 1.165) is 17.7 Å². The molecule has 1 aromatic heterocycles. The number of nitrogens with one attached hydrogen (secondary N) is 2. The molecule has 1 aromatic carbocycles. The van der Waals surface area contributed by atoms with E-state index < -0.39 is 0 Å². The zero-order valence-electron chi connectivity index (χ0n) is 11.9. The van der Waals surface area contributed by atoms with E-state index in [-0.39, 0.29) is 30.5 Å². The van der Waals surface area contributed by atoms with E-state index in [1.807, 2.05) is 31.2 Å². The fourth-order valence-corrected chi connectivity index (χ4v) is 1.95. The van der Waals surface area contributed by atoms with Crippen LogP contribution in [0.5, 0.6) is 0 Å². The van der Waals surface area contributed by atoms with Crippen molar-refractivity contribution in [1.82, 2.24) is 5.32 Å². The fourth-order valence-electron chi connectivity index (χ4n) is 1.95. The molecule has 2 N–H and O–H groups in total. The Kier molecular flexibility index (Phi) is 5.15. The van der Waals surface area contributed by atoms with Gasteiger partial charge in [-0.2, -0.15) is 0 Å². The SMILES string of the molecule is CCc1ccccc1NC(=O)CCNC(=O)c1ccco1. The molecule has 0 aliphatic rings. The molecule has 0 aliphatic carbocycles. The summed E-state index contributed by atoms with van der Waals surface area (Å²) in [4.78, 5) is 23.5. The van der Waals surface area contributed by atoms with E-state index in [1.54, 1.807) is 12.1 Å². The van der Waals surface area contributed by atoms with E-state index in [9.17, 15) is 9.59 Å². The quantitative estimate of drug-likeness (QED) is 0.857. The molecule has 0 atom stereocenters. The summed E-state index contributed by atoms with van der Waals surface area (Å²) in [6.45, 7) is 2.30. The summed E-state index contributed by atoms with van der Waals surface area (Å²) in [5.41, 5.74) is 1.91. The van der Waals surface area contributed by atoms with Crippen LogP contribution in [-0.2, 0) is 11.2 Å². The van der Waals surface area contributed by atoms with Gasteiger partial charge < -0.3 is 15.1 Å². The number of furan rings is 1. The first kappa shape index (κ1) is 14.8. The summed E-state index contributed by atoms with van der Waals surface area (Å²) in [5, 5.41) is 5.49. The molecule has 2 rings (SSSR count). The number of benzene rings is 1. The van der Waals surface area contributed by atoms with Gasteiger partial charge >= 0.3 is 0 Å². The third-order valence-electron chi connectivity index (χ3n) is 3.05. The van der Waals surface area contributed by atoms with Crippen LogP contribution in [-0.4, -0.2) is 18.4 Å². The molecule has 0 unspecified atom stereocenters. The Morgan fingerprint density at radius 3 is 2.67 bits per heavy atom. The summed E-state index contributed by atoms with van der Waals surface area (Å²) in [5.74, 6) is -0.204. The van der Waals surface area contributed by atoms with Crippen LogP contribution in [0.3, 0.4) is 0 Å². The molecule has 1 heterocycles. The van der Waals surface area contributed by atoms with Crippen molar-refractivity contribution < 1.29 is 14.0 Å². The minimum Gasteiger partial charge on any atom is -0.459 e. The van der Waals surface area contributed by atoms with Gasteiger partial charge in [-0.25, -0.2) is 0 Å². The maximum atomic E-state index is 11.9. The minimum atomic E-state index is -0.318. The number of rotatable bonds is 6. The fraction of sp³-hybridized carbons (Fsp3) is 0.250. The molecular formula is C16H18N2O3. The van der Waals surface area contributed by atoms with Crippen molar-refractivity contribution in [1.29, 1.82) is 0 Å². The van der Waals surface area contributed by atoms with Gasteiger partial charge in [-0.3, -0.25) is 9.59 Å². The zero-order chi connectivity index (χ0) is 15.1. The van der Waals surface area contributed by atoms with Crippen molar-refractivity contribution in [2.75, 3.05) is 11.9 Å². The van der Waals surface area contributed by atoms with E-state index in [4.69, 9.17) is 4.42 Å². The molecule has 21 heavy (non-hydrogen) atoms. The van der Waals surface area contributed by atoms with Gasteiger partial charge in [0.15, 0.2) is 5.76 Å². The van der Waals surface area contributed by atoms with E-state index in [1.165, 1.54) is 6.26 Å². The number of carbonyl (C=O) groups excluding carboxylic acids is 2. The van der Waals surface area contributed by atoms with Crippen LogP contribution >= 0.6 is 0 Å². The Labute approximate surface area is 123 Å². The highest BCUT2D eigenvalue weighted by Gasteiger charge is 2.09. The van der Waals surface area contributed by atoms with Crippen LogP contribution in [0, 0.1) is 0 Å². The Morgan fingerprint density at radius 2 is 1.95 bits per heavy atom. The summed E-state index contributed by atoms with van der Waals surface area (Å²) in [6.07, 6.45) is 2.50. The first-order valence-electron chi connectivity index (χ1n) is 6.90. The predicted molar refractivity (Wildman–Crippen MR) is 80.1 cm³/mol. The minimum absolute atomic E-state index is 0.129. The second kappa shape index (κ2) is 7.28. The molecule has 110 valence electrons. The molecule has 0 spiro atoms. The third-order valence-corrected chi connectivity index (χ3v) is 3.05. The van der Waals surface area contributed by atoms with Crippen molar-refractivity contribution in [3.05, 3.63) is 54.0 Å². The summed E-state index contributed by atoms with van der Waals surface area (Å²) >= 11 is 0. The highest BCUT2D eigenvalue weighted by Crippen LogP contribution is 2.15. The Bertz CT molecular complexity index is 606. The van der Waals surface area contributed by atoms with E-state index >= 15 is 0 Å². The normalized spacial score (nSPS) is 10.1. The van der Waals surface area contributed by atoms with Crippen LogP contribution in [0.15, 0.2) is 47.1 Å². The van der Waals surface area contributed by atoms with Crippen LogP contribution in [0.1, 0.15) is 29.5 Å². The molecule has 0 bridgehead atoms. The van der Waals surface area contributed by atoms with Crippen LogP contribution < -0.4 is 10.6 Å². The lowest BCUT2D eigenvalue weighted by Crippen LogP contribution is -2.27. The first-order valence-corrected chi connectivity index (χ1v) is 6.90. The third kappa shape index (κ3) is 4.21. The van der Waals surface area contributed by atoms with Gasteiger partial charge in [0.2, 0.25) is 5.91 Å². The average Bonchev–Trinajstić information content (AvgIpc) is 3.02. The number of carbonyl (C=O) groups is 2. The van der Waals surface area contributed by atoms with Gasteiger partial charge in [-0.15, -0.1) is 0 Å². The molecule has 5 nitrogen and oxygen atoms in total. The van der Waals surface area contributed by atoms with E-state index in [2.05, 4.69) is 10.6 Å². The molecule has 0 aliphatic heterocycles. The van der Waals surface area contributed by atoms with Crippen LogP contribution in [0.4, 0.5) is 5.69 Å². The van der Waals surface area contributed by atoms with Gasteiger partial charge in [0.25, 0.3) is 5.91 Å². The Hall–Kier alpha value is -2.56. The molecule has 2 aromatic rings. The van der Waals surface area contributed by atoms with Crippen molar-refractivity contribution >= 4 is 17.5 Å². The zero-order valence-corrected chi connectivity index (χ0v) is 11.9. The summed E-state index contributed by atoms with van der Waals surface area (Å²) in [6, 6.07) is 10.9. The number of hydrogen-bond donors (Lipinski definition) is 2. The number of amides is 2. The van der Waals surface area contributed by atoms with Crippen molar-refractivity contribution in [3.8, 4) is 0 Å². The molecule has 0 saturated carbocycles. The monoisotopic (exact) mass is 286 g/mol. The maximum Gasteiger partial charge on any atom is 0.286 e. The highest BCUT2D eigenvalue weighted by molar-refractivity contribution is 5.93. The predicted octanol–water partition coefficient (Wildman–Crippen LogP) is 2.60. The maximum absolute atomic E-state index is 11.9. The van der Waals surface area contributed by atoms with Crippen LogP contribution in [0.2, 0.25) is 0 Å². The molecule has 2 amide bonds. The number of anilines is 1. The summed E-state index contributed by atoms with van der Waals surface area (Å²) < 4.78 is 4.97. The van der Waals surface area contributed by atoms with Crippen LogP contribution in [0.25, 0.3) is 0 Å². The molecular weight excluding hydrogens is 268 g/mol. The number of para-hydroxylation sites is 1. The van der Waals surface area contributed by atoms with Gasteiger partial charge in [0.1, 0.15) is 0 Å². The average molecular weight is 286 g/mol. The Balaban J connectivity index is 1.79. The molecule has 0 radical (unpaired) electrons. The van der Waals surface area contributed by atoms with Crippen molar-refractivity contribution in [2.45, 2.75) is 19.8 Å². The lowest BCUT2D eigenvalue weighted by Gasteiger charge is -2.09. The van der Waals surface area contributed by atoms with E-state index in [0.29, 0.717) is 0 Å². The lowest BCUT2D eigenvalue weighted by molar-refractivity contribution is -0.116. The van der Waals surface area contributed by atoms with Gasteiger partial charge in [-0.05, 0) is 30.2 Å². The molecule has 0 saturated heterocycles. The van der Waals surface area contributed by atoms with Gasteiger partial charge in [0.05, 0.1) is 6.26 Å². The number of hydrogen-bond acceptors (Lipinski definition) is 3. The first-order chi connectivity index (χ1) is 10.2. The topological polar surface area (TPSA) is 71.3 Å². The molecule has 0 fully saturated rings. The van der Waals surface area contributed by atoms with Crippen molar-refractivity contribution in [3.63, 3.8) is 0 Å². The lowest BCUT2D eigenvalue weighted by atomic mass is 10.1. The standard InChI is InChI=1S/C16H18N2O3/c1-2-12-6-3-4-7-13(12)18-15(19)9-10-17-16(20)14-8-5-11-21-14/h3-8,11H,2,9-10H2,1H3,(H,17,20)(H,18,19). The summed E-state index contributed by atoms with van der Waals surface area (Å²) in [7, 11) is 0. The largest absolute Gasteiger partial charge is 0.459 e. The van der Waals surface area contributed by atoms with Crippen molar-refractivity contribution in [2.24, 2.45) is 0 Å². The van der Waals surface area contributed by atoms with Gasteiger partial charge in [-0.1, -0.05) is 25.1 Å². The number of aryl methyl sites for hydroxylation is 1. The second-order valence-electron chi connectivity index (χ2n) is 4.54. The van der Waals surface area contributed by atoms with Gasteiger partial charge in [0, 0.05) is 18.7 Å². The second-order valence-corrected chi connectivity index (χ2v) is 4.54.